The largest absolute Gasteiger partial charge is 0.448 e. The van der Waals surface area contributed by atoms with Crippen molar-refractivity contribution >= 4 is 56.2 Å². The number of carbonyl (C=O) groups is 3. The van der Waals surface area contributed by atoms with Crippen LogP contribution in [0, 0.1) is 0 Å². The first-order valence-corrected chi connectivity index (χ1v) is 14.5. The number of hydrogen-bond donors (Lipinski definition) is 2. The number of alkyl carbamates (subject to hydrolysis) is 1. The second-order valence-corrected chi connectivity index (χ2v) is 10.6. The molecule has 42 heavy (non-hydrogen) atoms. The molecule has 4 rings (SSSR count). The highest BCUT2D eigenvalue weighted by molar-refractivity contribution is 9.10. The molecule has 9 nitrogen and oxygen atoms in total. The van der Waals surface area contributed by atoms with Gasteiger partial charge in [0.25, 0.3) is 0 Å². The molecule has 0 fully saturated rings. The van der Waals surface area contributed by atoms with Gasteiger partial charge < -0.3 is 19.7 Å². The Balaban J connectivity index is 1.22. The monoisotopic (exact) mass is 633 g/mol. The molecule has 0 aliphatic heterocycles. The second-order valence-electron chi connectivity index (χ2n) is 9.67. The van der Waals surface area contributed by atoms with Crippen LogP contribution in [0.3, 0.4) is 0 Å². The van der Waals surface area contributed by atoms with Gasteiger partial charge in [-0.2, -0.15) is 0 Å². The van der Waals surface area contributed by atoms with Gasteiger partial charge in [0.05, 0.1) is 18.3 Å². The van der Waals surface area contributed by atoms with Crippen LogP contribution in [0.25, 0.3) is 10.8 Å². The minimum Gasteiger partial charge on any atom is -0.448 e. The van der Waals surface area contributed by atoms with Crippen LogP contribution in [-0.4, -0.2) is 43.9 Å². The summed E-state index contributed by atoms with van der Waals surface area (Å²) in [6.07, 6.45) is 3.66. The molecule has 10 heteroatoms. The fourth-order valence-electron chi connectivity index (χ4n) is 4.37. The number of hydrogen-bond acceptors (Lipinski definition) is 5. The Morgan fingerprint density at radius 1 is 0.905 bits per heavy atom. The molecule has 0 saturated carbocycles. The van der Waals surface area contributed by atoms with Gasteiger partial charge in [-0.05, 0) is 36.6 Å². The normalized spacial score (nSPS) is 11.4. The molecular weight excluding hydrogens is 600 g/mol. The number of rotatable bonds is 12. The van der Waals surface area contributed by atoms with Gasteiger partial charge in [0.1, 0.15) is 19.8 Å². The Labute approximate surface area is 253 Å². The fourth-order valence-corrected chi connectivity index (χ4v) is 4.76. The van der Waals surface area contributed by atoms with Crippen molar-refractivity contribution in [3.05, 3.63) is 102 Å². The lowest BCUT2D eigenvalue weighted by Gasteiger charge is -2.23. The minimum atomic E-state index is -0.664. The molecular formula is C32H34BrN4O5+. The average molecular weight is 635 g/mol. The van der Waals surface area contributed by atoms with E-state index in [9.17, 15) is 14.4 Å². The standard InChI is InChI=1S/C32H33BrN4O5/c1-24(23-42-32(40)35-29-15-7-11-25-10-3-4-14-28(25)29)34-31(39)41-21-20-37(27-13-8-12-26(33)22-27)30(38)16-9-19-36-17-5-2-6-18-36/h2-8,10-15,17-18,22,24H,9,16,19-21,23H2,1H3,(H-,34,35,39,40)/p+1. The van der Waals surface area contributed by atoms with E-state index in [1.54, 1.807) is 17.9 Å². The number of nitrogens with one attached hydrogen (secondary N) is 2. The number of ether oxygens (including phenoxy) is 2. The molecule has 0 aliphatic carbocycles. The van der Waals surface area contributed by atoms with Gasteiger partial charge in [-0.1, -0.05) is 64.5 Å². The van der Waals surface area contributed by atoms with Crippen LogP contribution in [-0.2, 0) is 20.8 Å². The molecule has 218 valence electrons. The lowest BCUT2D eigenvalue weighted by molar-refractivity contribution is -0.697. The molecule has 0 bridgehead atoms. The van der Waals surface area contributed by atoms with Crippen LogP contribution in [0.2, 0.25) is 0 Å². The van der Waals surface area contributed by atoms with Crippen molar-refractivity contribution < 1.29 is 28.4 Å². The number of aryl methyl sites for hydroxylation is 1. The van der Waals surface area contributed by atoms with Crippen LogP contribution in [0.15, 0.2) is 102 Å². The van der Waals surface area contributed by atoms with Crippen molar-refractivity contribution in [3.8, 4) is 0 Å². The van der Waals surface area contributed by atoms with E-state index < -0.39 is 18.2 Å². The Kier molecular flexibility index (Phi) is 11.3. The SMILES string of the molecule is CC(COC(=O)Nc1cccc2ccccc12)NC(=O)OCCN(C(=O)CCC[n+]1ccccc1)c1cccc(Br)c1. The third-order valence-electron chi connectivity index (χ3n) is 6.41. The zero-order valence-electron chi connectivity index (χ0n) is 23.4. The molecule has 3 amide bonds. The maximum absolute atomic E-state index is 13.1. The summed E-state index contributed by atoms with van der Waals surface area (Å²) in [6, 6.07) is 26.1. The van der Waals surface area contributed by atoms with E-state index in [0.29, 0.717) is 24.2 Å². The Morgan fingerprint density at radius 2 is 1.67 bits per heavy atom. The lowest BCUT2D eigenvalue weighted by atomic mass is 10.1. The van der Waals surface area contributed by atoms with Crippen molar-refractivity contribution in [3.63, 3.8) is 0 Å². The highest BCUT2D eigenvalue weighted by Crippen LogP contribution is 2.23. The zero-order valence-corrected chi connectivity index (χ0v) is 25.0. The van der Waals surface area contributed by atoms with Crippen molar-refractivity contribution in [1.29, 1.82) is 0 Å². The van der Waals surface area contributed by atoms with Crippen LogP contribution < -0.4 is 20.1 Å². The Hall–Kier alpha value is -4.44. The maximum Gasteiger partial charge on any atom is 0.411 e. The Bertz CT molecular complexity index is 1500. The van der Waals surface area contributed by atoms with Gasteiger partial charge in [0, 0.05) is 40.5 Å². The summed E-state index contributed by atoms with van der Waals surface area (Å²) in [7, 11) is 0. The second kappa shape index (κ2) is 15.5. The van der Waals surface area contributed by atoms with Crippen molar-refractivity contribution in [1.82, 2.24) is 5.32 Å². The molecule has 1 aromatic heterocycles. The summed E-state index contributed by atoms with van der Waals surface area (Å²) in [6.45, 7) is 2.56. The molecule has 2 N–H and O–H groups in total. The molecule has 1 heterocycles. The smallest absolute Gasteiger partial charge is 0.411 e. The number of aromatic nitrogens is 1. The first-order valence-electron chi connectivity index (χ1n) is 13.7. The predicted octanol–water partition coefficient (Wildman–Crippen LogP) is 6.07. The first-order chi connectivity index (χ1) is 20.4. The zero-order chi connectivity index (χ0) is 29.7. The van der Waals surface area contributed by atoms with Gasteiger partial charge in [0.15, 0.2) is 12.4 Å². The van der Waals surface area contributed by atoms with E-state index in [2.05, 4.69) is 26.6 Å². The summed E-state index contributed by atoms with van der Waals surface area (Å²) in [5, 5.41) is 7.30. The number of anilines is 2. The minimum absolute atomic E-state index is 0.00728. The Morgan fingerprint density at radius 3 is 2.48 bits per heavy atom. The highest BCUT2D eigenvalue weighted by atomic mass is 79.9. The summed E-state index contributed by atoms with van der Waals surface area (Å²) >= 11 is 3.46. The van der Waals surface area contributed by atoms with Crippen molar-refractivity contribution in [2.45, 2.75) is 32.4 Å². The van der Waals surface area contributed by atoms with Gasteiger partial charge in [-0.3, -0.25) is 10.1 Å². The summed E-state index contributed by atoms with van der Waals surface area (Å²) in [5.41, 5.74) is 1.35. The van der Waals surface area contributed by atoms with Crippen LogP contribution in [0.5, 0.6) is 0 Å². The van der Waals surface area contributed by atoms with Gasteiger partial charge >= 0.3 is 12.2 Å². The third-order valence-corrected chi connectivity index (χ3v) is 6.90. The van der Waals surface area contributed by atoms with E-state index in [1.807, 2.05) is 95.8 Å². The van der Waals surface area contributed by atoms with Crippen LogP contribution >= 0.6 is 15.9 Å². The number of amides is 3. The molecule has 0 radical (unpaired) electrons. The van der Waals surface area contributed by atoms with Gasteiger partial charge in [0.2, 0.25) is 5.91 Å². The topological polar surface area (TPSA) is 101 Å². The molecule has 0 spiro atoms. The van der Waals surface area contributed by atoms with Gasteiger partial charge in [-0.25, -0.2) is 14.2 Å². The average Bonchev–Trinajstić information content (AvgIpc) is 2.99. The van der Waals surface area contributed by atoms with E-state index in [1.165, 1.54) is 0 Å². The van der Waals surface area contributed by atoms with Gasteiger partial charge in [-0.15, -0.1) is 0 Å². The summed E-state index contributed by atoms with van der Waals surface area (Å²) in [5.74, 6) is -0.0624. The molecule has 0 aliphatic rings. The number of carbonyl (C=O) groups excluding carboxylic acids is 3. The first kappa shape index (κ1) is 30.5. The number of pyridine rings is 1. The van der Waals surface area contributed by atoms with Crippen molar-refractivity contribution in [2.75, 3.05) is 30.0 Å². The molecule has 3 aromatic carbocycles. The molecule has 1 unspecified atom stereocenters. The lowest BCUT2D eigenvalue weighted by Crippen LogP contribution is -2.40. The molecule has 1 atom stereocenters. The summed E-state index contributed by atoms with van der Waals surface area (Å²) < 4.78 is 13.5. The summed E-state index contributed by atoms with van der Waals surface area (Å²) in [4.78, 5) is 39.5. The molecule has 4 aromatic rings. The number of benzene rings is 3. The quantitative estimate of drug-likeness (QED) is 0.185. The number of nitrogens with zero attached hydrogens (tertiary/aromatic N) is 2. The third kappa shape index (κ3) is 9.31. The van der Waals surface area contributed by atoms with Crippen LogP contribution in [0.1, 0.15) is 19.8 Å². The van der Waals surface area contributed by atoms with Crippen LogP contribution in [0.4, 0.5) is 21.0 Å². The number of fused-ring (bicyclic) bond motifs is 1. The fraction of sp³-hybridized carbons (Fsp3) is 0.250. The van der Waals surface area contributed by atoms with E-state index in [0.717, 1.165) is 21.8 Å². The number of halogens is 1. The molecule has 0 saturated heterocycles. The van der Waals surface area contributed by atoms with E-state index in [-0.39, 0.29) is 25.7 Å². The van der Waals surface area contributed by atoms with Crippen molar-refractivity contribution in [2.24, 2.45) is 0 Å². The van der Waals surface area contributed by atoms with E-state index >= 15 is 0 Å². The predicted molar refractivity (Wildman–Crippen MR) is 165 cm³/mol. The van der Waals surface area contributed by atoms with E-state index in [4.69, 9.17) is 9.47 Å². The maximum atomic E-state index is 13.1. The highest BCUT2D eigenvalue weighted by Gasteiger charge is 2.18.